The standard InChI is InChI=1S/C14H18N2O/c1-17-14-8-2-5-13(11-14)16-10-4-7-12(16)6-3-9-15/h2,4-5,7-8,10-11H,3,6,9,15H2,1H3. The number of nitrogens with two attached hydrogens (primary N) is 1. The molecule has 0 aliphatic heterocycles. The Bertz CT molecular complexity index is 477. The minimum absolute atomic E-state index is 0.725. The van der Waals surface area contributed by atoms with E-state index in [0.29, 0.717) is 0 Å². The molecule has 0 unspecified atom stereocenters. The molecule has 1 heterocycles. The molecule has 0 aliphatic rings. The first kappa shape index (κ1) is 11.7. The quantitative estimate of drug-likeness (QED) is 0.856. The van der Waals surface area contributed by atoms with Crippen LogP contribution in [0.1, 0.15) is 12.1 Å². The number of nitrogens with zero attached hydrogens (tertiary/aromatic N) is 1. The fourth-order valence-corrected chi connectivity index (χ4v) is 1.92. The van der Waals surface area contributed by atoms with Gasteiger partial charge < -0.3 is 15.0 Å². The topological polar surface area (TPSA) is 40.2 Å². The summed E-state index contributed by atoms with van der Waals surface area (Å²) in [6, 6.07) is 12.3. The molecule has 0 atom stereocenters. The van der Waals surface area contributed by atoms with Crippen LogP contribution in [0.4, 0.5) is 0 Å². The van der Waals surface area contributed by atoms with E-state index < -0.39 is 0 Å². The van der Waals surface area contributed by atoms with Crippen LogP contribution >= 0.6 is 0 Å². The van der Waals surface area contributed by atoms with E-state index in [1.807, 2.05) is 18.2 Å². The highest BCUT2D eigenvalue weighted by Crippen LogP contribution is 2.19. The summed E-state index contributed by atoms with van der Waals surface area (Å²) in [5, 5.41) is 0. The Morgan fingerprint density at radius 1 is 1.24 bits per heavy atom. The molecule has 3 heteroatoms. The van der Waals surface area contributed by atoms with E-state index in [9.17, 15) is 0 Å². The van der Waals surface area contributed by atoms with Crippen LogP contribution in [0, 0.1) is 0 Å². The summed E-state index contributed by atoms with van der Waals surface area (Å²) < 4.78 is 7.42. The SMILES string of the molecule is COc1cccc(-n2cccc2CCCN)c1. The normalized spacial score (nSPS) is 10.5. The summed E-state index contributed by atoms with van der Waals surface area (Å²) >= 11 is 0. The molecular formula is C14H18N2O. The summed E-state index contributed by atoms with van der Waals surface area (Å²) in [4.78, 5) is 0. The van der Waals surface area contributed by atoms with Crippen molar-refractivity contribution in [2.75, 3.05) is 13.7 Å². The molecule has 0 bridgehead atoms. The average molecular weight is 230 g/mol. The van der Waals surface area contributed by atoms with Crippen molar-refractivity contribution in [1.29, 1.82) is 0 Å². The van der Waals surface area contributed by atoms with Crippen LogP contribution in [0.25, 0.3) is 5.69 Å². The Kier molecular flexibility index (Phi) is 3.83. The van der Waals surface area contributed by atoms with E-state index in [4.69, 9.17) is 10.5 Å². The largest absolute Gasteiger partial charge is 0.497 e. The van der Waals surface area contributed by atoms with E-state index >= 15 is 0 Å². The third-order valence-electron chi connectivity index (χ3n) is 2.80. The van der Waals surface area contributed by atoms with Gasteiger partial charge in [-0.2, -0.15) is 0 Å². The molecule has 2 N–H and O–H groups in total. The van der Waals surface area contributed by atoms with Crippen molar-refractivity contribution in [3.8, 4) is 11.4 Å². The van der Waals surface area contributed by atoms with Gasteiger partial charge in [0.2, 0.25) is 0 Å². The Morgan fingerprint density at radius 2 is 2.12 bits per heavy atom. The molecule has 1 aromatic heterocycles. The zero-order valence-corrected chi connectivity index (χ0v) is 10.1. The fraction of sp³-hybridized carbons (Fsp3) is 0.286. The van der Waals surface area contributed by atoms with Crippen molar-refractivity contribution in [2.24, 2.45) is 5.73 Å². The molecule has 3 nitrogen and oxygen atoms in total. The summed E-state index contributed by atoms with van der Waals surface area (Å²) in [5.74, 6) is 0.876. The Balaban J connectivity index is 2.28. The van der Waals surface area contributed by atoms with Crippen molar-refractivity contribution in [2.45, 2.75) is 12.8 Å². The average Bonchev–Trinajstić information content (AvgIpc) is 2.84. The second-order valence-electron chi connectivity index (χ2n) is 3.96. The molecule has 2 rings (SSSR count). The highest BCUT2D eigenvalue weighted by Gasteiger charge is 2.03. The first-order valence-corrected chi connectivity index (χ1v) is 5.86. The monoisotopic (exact) mass is 230 g/mol. The first-order chi connectivity index (χ1) is 8.35. The number of aromatic nitrogens is 1. The molecule has 0 amide bonds. The highest BCUT2D eigenvalue weighted by molar-refractivity contribution is 5.41. The highest BCUT2D eigenvalue weighted by atomic mass is 16.5. The predicted molar refractivity (Wildman–Crippen MR) is 69.7 cm³/mol. The third kappa shape index (κ3) is 2.68. The zero-order valence-electron chi connectivity index (χ0n) is 10.1. The van der Waals surface area contributed by atoms with Gasteiger partial charge in [-0.1, -0.05) is 6.07 Å². The zero-order chi connectivity index (χ0) is 12.1. The lowest BCUT2D eigenvalue weighted by Gasteiger charge is -2.10. The molecular weight excluding hydrogens is 212 g/mol. The minimum Gasteiger partial charge on any atom is -0.497 e. The van der Waals surface area contributed by atoms with Crippen LogP contribution < -0.4 is 10.5 Å². The van der Waals surface area contributed by atoms with Crippen molar-refractivity contribution in [3.63, 3.8) is 0 Å². The molecule has 1 aromatic carbocycles. The van der Waals surface area contributed by atoms with Gasteiger partial charge in [0.15, 0.2) is 0 Å². The minimum atomic E-state index is 0.725. The Morgan fingerprint density at radius 3 is 2.88 bits per heavy atom. The van der Waals surface area contributed by atoms with Crippen molar-refractivity contribution >= 4 is 0 Å². The summed E-state index contributed by atoms with van der Waals surface area (Å²) in [6.07, 6.45) is 4.08. The number of hydrogen-bond acceptors (Lipinski definition) is 2. The van der Waals surface area contributed by atoms with Gasteiger partial charge in [0.25, 0.3) is 0 Å². The van der Waals surface area contributed by atoms with Crippen LogP contribution in [0.3, 0.4) is 0 Å². The lowest BCUT2D eigenvalue weighted by molar-refractivity contribution is 0.414. The summed E-state index contributed by atoms with van der Waals surface area (Å²) in [7, 11) is 1.68. The van der Waals surface area contributed by atoms with Crippen LogP contribution in [-0.2, 0) is 6.42 Å². The predicted octanol–water partition coefficient (Wildman–Crippen LogP) is 2.38. The van der Waals surface area contributed by atoms with E-state index in [0.717, 1.165) is 30.8 Å². The molecule has 0 fully saturated rings. The van der Waals surface area contributed by atoms with Gasteiger partial charge in [0.05, 0.1) is 7.11 Å². The second-order valence-corrected chi connectivity index (χ2v) is 3.96. The van der Waals surface area contributed by atoms with Crippen molar-refractivity contribution < 1.29 is 4.74 Å². The Labute approximate surface area is 102 Å². The molecule has 0 aliphatic carbocycles. The molecule has 0 radical (unpaired) electrons. The van der Waals surface area contributed by atoms with Crippen LogP contribution in [0.5, 0.6) is 5.75 Å². The van der Waals surface area contributed by atoms with Gasteiger partial charge in [0, 0.05) is 23.6 Å². The van der Waals surface area contributed by atoms with Gasteiger partial charge in [-0.05, 0) is 43.7 Å². The van der Waals surface area contributed by atoms with Gasteiger partial charge in [-0.25, -0.2) is 0 Å². The molecule has 0 saturated heterocycles. The molecule has 0 spiro atoms. The third-order valence-corrected chi connectivity index (χ3v) is 2.80. The molecule has 90 valence electrons. The number of methoxy groups -OCH3 is 1. The van der Waals surface area contributed by atoms with Gasteiger partial charge in [-0.3, -0.25) is 0 Å². The van der Waals surface area contributed by atoms with Crippen molar-refractivity contribution in [1.82, 2.24) is 4.57 Å². The van der Waals surface area contributed by atoms with E-state index in [2.05, 4.69) is 29.0 Å². The maximum Gasteiger partial charge on any atom is 0.120 e. The van der Waals surface area contributed by atoms with Crippen LogP contribution in [0.2, 0.25) is 0 Å². The maximum absolute atomic E-state index is 5.55. The first-order valence-electron chi connectivity index (χ1n) is 5.86. The number of rotatable bonds is 5. The lowest BCUT2D eigenvalue weighted by atomic mass is 10.2. The number of aryl methyl sites for hydroxylation is 1. The smallest absolute Gasteiger partial charge is 0.120 e. The number of benzene rings is 1. The number of ether oxygens (including phenoxy) is 1. The van der Waals surface area contributed by atoms with Crippen LogP contribution in [-0.4, -0.2) is 18.2 Å². The number of hydrogen-bond donors (Lipinski definition) is 1. The van der Waals surface area contributed by atoms with E-state index in [1.54, 1.807) is 7.11 Å². The molecule has 2 aromatic rings. The second kappa shape index (κ2) is 5.55. The van der Waals surface area contributed by atoms with Crippen LogP contribution in [0.15, 0.2) is 42.6 Å². The lowest BCUT2D eigenvalue weighted by Crippen LogP contribution is -2.04. The molecule has 0 saturated carbocycles. The van der Waals surface area contributed by atoms with Gasteiger partial charge >= 0.3 is 0 Å². The Hall–Kier alpha value is -1.74. The van der Waals surface area contributed by atoms with Crippen molar-refractivity contribution in [3.05, 3.63) is 48.3 Å². The summed E-state index contributed by atoms with van der Waals surface area (Å²) in [6.45, 7) is 0.725. The van der Waals surface area contributed by atoms with E-state index in [-0.39, 0.29) is 0 Å². The fourth-order valence-electron chi connectivity index (χ4n) is 1.92. The maximum atomic E-state index is 5.55. The van der Waals surface area contributed by atoms with E-state index in [1.165, 1.54) is 5.69 Å². The molecule has 17 heavy (non-hydrogen) atoms. The van der Waals surface area contributed by atoms with Gasteiger partial charge in [0.1, 0.15) is 5.75 Å². The van der Waals surface area contributed by atoms with Gasteiger partial charge in [-0.15, -0.1) is 0 Å². The summed E-state index contributed by atoms with van der Waals surface area (Å²) in [5.41, 5.74) is 7.96.